The van der Waals surface area contributed by atoms with Gasteiger partial charge in [0.05, 0.1) is 6.54 Å². The van der Waals surface area contributed by atoms with Crippen LogP contribution in [0.5, 0.6) is 0 Å². The van der Waals surface area contributed by atoms with Crippen LogP contribution in [0.25, 0.3) is 0 Å². The number of nitrogens with zero attached hydrogens (tertiary/aromatic N) is 2. The average molecular weight is 266 g/mol. The van der Waals surface area contributed by atoms with Crippen molar-refractivity contribution in [3.05, 3.63) is 23.0 Å². The molecule has 17 heavy (non-hydrogen) atoms. The second kappa shape index (κ2) is 3.48. The number of aromatic nitrogens is 1. The van der Waals surface area contributed by atoms with Crippen LogP contribution in [-0.4, -0.2) is 21.3 Å². The molecular weight excluding hydrogens is 252 g/mol. The minimum Gasteiger partial charge on any atom is -0.338 e. The van der Waals surface area contributed by atoms with Gasteiger partial charge in [-0.1, -0.05) is 11.7 Å². The van der Waals surface area contributed by atoms with Crippen molar-refractivity contribution in [2.24, 2.45) is 0 Å². The van der Waals surface area contributed by atoms with Gasteiger partial charge in [-0.25, -0.2) is 0 Å². The molecule has 2 atom stereocenters. The summed E-state index contributed by atoms with van der Waals surface area (Å²) in [5, 5.41) is 0. The zero-order chi connectivity index (χ0) is 11.6. The predicted octanol–water partition coefficient (Wildman–Crippen LogP) is 2.80. The van der Waals surface area contributed by atoms with Crippen molar-refractivity contribution < 1.29 is 4.79 Å². The predicted molar refractivity (Wildman–Crippen MR) is 71.4 cm³/mol. The topological polar surface area (TPSA) is 25.2 Å². The second-order valence-corrected chi connectivity index (χ2v) is 6.31. The van der Waals surface area contributed by atoms with Crippen LogP contribution < -0.4 is 0 Å². The van der Waals surface area contributed by atoms with E-state index >= 15 is 0 Å². The summed E-state index contributed by atoms with van der Waals surface area (Å²) in [7, 11) is 1.24. The van der Waals surface area contributed by atoms with Crippen molar-refractivity contribution >= 4 is 28.5 Å². The van der Waals surface area contributed by atoms with Crippen LogP contribution >= 0.6 is 22.6 Å². The smallest absolute Gasteiger partial charge is 0.281 e. The summed E-state index contributed by atoms with van der Waals surface area (Å²) in [5.41, 5.74) is 3.84. The zero-order valence-electron chi connectivity index (χ0n) is 9.43. The molecular formula is C12H14N2OS2. The van der Waals surface area contributed by atoms with Gasteiger partial charge in [0, 0.05) is 29.1 Å². The SMILES string of the molecule is O=C1c2cc3c(n2CCN1SS)C1CCC3C1. The lowest BCUT2D eigenvalue weighted by atomic mass is 9.98. The number of hydrogen-bond acceptors (Lipinski definition) is 3. The molecule has 1 aromatic heterocycles. The van der Waals surface area contributed by atoms with Crippen LogP contribution in [0.1, 0.15) is 52.8 Å². The van der Waals surface area contributed by atoms with E-state index in [2.05, 4.69) is 22.3 Å². The molecule has 1 aliphatic heterocycles. The molecule has 4 rings (SSSR count). The highest BCUT2D eigenvalue weighted by Gasteiger charge is 2.42. The highest BCUT2D eigenvalue weighted by atomic mass is 33.1. The first-order valence-corrected chi connectivity index (χ1v) is 7.99. The maximum absolute atomic E-state index is 12.2. The summed E-state index contributed by atoms with van der Waals surface area (Å²) in [6.07, 6.45) is 3.96. The zero-order valence-corrected chi connectivity index (χ0v) is 11.1. The Morgan fingerprint density at radius 1 is 1.29 bits per heavy atom. The van der Waals surface area contributed by atoms with Gasteiger partial charge in [0.2, 0.25) is 0 Å². The second-order valence-electron chi connectivity index (χ2n) is 5.22. The average Bonchev–Trinajstić information content (AvgIpc) is 3.00. The quantitative estimate of drug-likeness (QED) is 0.480. The number of carbonyl (C=O) groups excluding carboxylic acids is 1. The van der Waals surface area contributed by atoms with E-state index in [-0.39, 0.29) is 5.91 Å². The van der Waals surface area contributed by atoms with Gasteiger partial charge in [-0.2, -0.15) is 0 Å². The molecule has 2 bridgehead atoms. The number of thiol groups is 1. The van der Waals surface area contributed by atoms with Crippen molar-refractivity contribution in [2.45, 2.75) is 37.6 Å². The summed E-state index contributed by atoms with van der Waals surface area (Å²) >= 11 is 4.14. The van der Waals surface area contributed by atoms with Gasteiger partial charge in [0.15, 0.2) is 0 Å². The molecule has 1 amide bonds. The van der Waals surface area contributed by atoms with Gasteiger partial charge in [-0.15, -0.1) is 0 Å². The number of fused-ring (bicyclic) bond motifs is 7. The third kappa shape index (κ3) is 1.24. The molecule has 90 valence electrons. The summed E-state index contributed by atoms with van der Waals surface area (Å²) in [4.78, 5) is 12.2. The fourth-order valence-electron chi connectivity index (χ4n) is 3.80. The van der Waals surface area contributed by atoms with E-state index in [1.54, 1.807) is 4.31 Å². The van der Waals surface area contributed by atoms with Crippen molar-refractivity contribution in [3.8, 4) is 0 Å². The first kappa shape index (κ1) is 10.4. The molecule has 5 heteroatoms. The molecule has 0 radical (unpaired) electrons. The Hall–Kier alpha value is -0.550. The monoisotopic (exact) mass is 266 g/mol. The highest BCUT2D eigenvalue weighted by molar-refractivity contribution is 8.67. The first-order chi connectivity index (χ1) is 8.29. The van der Waals surface area contributed by atoms with E-state index in [4.69, 9.17) is 0 Å². The lowest BCUT2D eigenvalue weighted by Gasteiger charge is -2.27. The summed E-state index contributed by atoms with van der Waals surface area (Å²) in [5.74, 6) is 1.59. The Bertz CT molecular complexity index is 511. The standard InChI is InChI=1S/C12H14N2OS2/c15-12-10-6-9-7-1-2-8(5-7)11(9)13(10)3-4-14(12)17-16/h6-8,16H,1-5H2. The molecule has 1 saturated carbocycles. The molecule has 0 spiro atoms. The Morgan fingerprint density at radius 2 is 2.12 bits per heavy atom. The first-order valence-electron chi connectivity index (χ1n) is 6.16. The lowest BCUT2D eigenvalue weighted by Crippen LogP contribution is -2.35. The van der Waals surface area contributed by atoms with Gasteiger partial charge in [-0.05, 0) is 36.8 Å². The molecule has 0 aromatic carbocycles. The number of rotatable bonds is 1. The van der Waals surface area contributed by atoms with E-state index in [0.29, 0.717) is 0 Å². The van der Waals surface area contributed by atoms with Crippen LogP contribution in [0.15, 0.2) is 6.07 Å². The van der Waals surface area contributed by atoms with Crippen LogP contribution in [0.3, 0.4) is 0 Å². The number of carbonyl (C=O) groups is 1. The van der Waals surface area contributed by atoms with Crippen LogP contribution in [0.2, 0.25) is 0 Å². The molecule has 2 unspecified atom stereocenters. The van der Waals surface area contributed by atoms with Crippen molar-refractivity contribution in [3.63, 3.8) is 0 Å². The van der Waals surface area contributed by atoms with E-state index in [9.17, 15) is 4.79 Å². The molecule has 2 heterocycles. The fourth-order valence-corrected chi connectivity index (χ4v) is 4.59. The summed E-state index contributed by atoms with van der Waals surface area (Å²) in [6.45, 7) is 1.71. The Kier molecular flexibility index (Phi) is 2.12. The van der Waals surface area contributed by atoms with Crippen molar-refractivity contribution in [2.75, 3.05) is 6.54 Å². The Balaban J connectivity index is 1.85. The Labute approximate surface area is 109 Å². The lowest BCUT2D eigenvalue weighted by molar-refractivity contribution is 0.0836. The van der Waals surface area contributed by atoms with E-state index in [0.717, 1.165) is 30.6 Å². The maximum Gasteiger partial charge on any atom is 0.281 e. The van der Waals surface area contributed by atoms with Gasteiger partial charge >= 0.3 is 0 Å². The van der Waals surface area contributed by atoms with Crippen molar-refractivity contribution in [1.82, 2.24) is 8.87 Å². The van der Waals surface area contributed by atoms with Gasteiger partial charge in [0.25, 0.3) is 5.91 Å². The fraction of sp³-hybridized carbons (Fsp3) is 0.583. The van der Waals surface area contributed by atoms with E-state index in [1.807, 2.05) is 0 Å². The number of hydrogen-bond donors (Lipinski definition) is 1. The molecule has 3 nitrogen and oxygen atoms in total. The third-order valence-corrected chi connectivity index (χ3v) is 5.64. The molecule has 3 aliphatic rings. The molecule has 0 N–H and O–H groups in total. The minimum absolute atomic E-state index is 0.130. The van der Waals surface area contributed by atoms with Crippen molar-refractivity contribution in [1.29, 1.82) is 0 Å². The van der Waals surface area contributed by atoms with Gasteiger partial charge < -0.3 is 4.57 Å². The van der Waals surface area contributed by atoms with E-state index < -0.39 is 0 Å². The van der Waals surface area contributed by atoms with Gasteiger partial charge in [-0.3, -0.25) is 9.10 Å². The minimum atomic E-state index is 0.130. The molecule has 1 fully saturated rings. The third-order valence-electron chi connectivity index (χ3n) is 4.50. The van der Waals surface area contributed by atoms with Crippen LogP contribution in [-0.2, 0) is 6.54 Å². The van der Waals surface area contributed by atoms with Gasteiger partial charge in [0.1, 0.15) is 5.69 Å². The normalized spacial score (nSPS) is 29.7. The number of amides is 1. The largest absolute Gasteiger partial charge is 0.338 e. The van der Waals surface area contributed by atoms with Crippen LogP contribution in [0.4, 0.5) is 0 Å². The summed E-state index contributed by atoms with van der Waals surface area (Å²) < 4.78 is 4.03. The van der Waals surface area contributed by atoms with E-state index in [1.165, 1.54) is 41.5 Å². The molecule has 2 aliphatic carbocycles. The molecule has 1 aromatic rings. The Morgan fingerprint density at radius 3 is 2.94 bits per heavy atom. The maximum atomic E-state index is 12.2. The molecule has 0 saturated heterocycles. The summed E-state index contributed by atoms with van der Waals surface area (Å²) in [6, 6.07) is 2.15. The highest BCUT2D eigenvalue weighted by Crippen LogP contribution is 2.54. The van der Waals surface area contributed by atoms with Crippen LogP contribution in [0, 0.1) is 0 Å².